The Morgan fingerprint density at radius 1 is 0.524 bits per heavy atom. The van der Waals surface area contributed by atoms with Gasteiger partial charge in [-0.05, 0) is 71.6 Å². The number of fused-ring (bicyclic) bond motifs is 5. The van der Waals surface area contributed by atoms with Crippen LogP contribution in [0.1, 0.15) is 41.5 Å². The molecule has 0 unspecified atom stereocenters. The largest absolute Gasteiger partial charge is 0.748 e. The monoisotopic (exact) mass is 606 g/mol. The molecule has 42 heavy (non-hydrogen) atoms. The molecule has 7 aromatic rings. The van der Waals surface area contributed by atoms with E-state index in [2.05, 4.69) is 139 Å². The second-order valence-corrected chi connectivity index (χ2v) is 16.9. The fourth-order valence-corrected chi connectivity index (χ4v) is 10.8. The minimum Gasteiger partial charge on any atom is -0.748 e. The van der Waals surface area contributed by atoms with Crippen LogP contribution in [0.3, 0.4) is 0 Å². The molecule has 0 N–H and O–H groups in total. The van der Waals surface area contributed by atoms with E-state index >= 15 is 0 Å². The molecule has 0 amide bonds. The molecule has 0 saturated heterocycles. The first-order chi connectivity index (χ1) is 19.6. The molecule has 0 aromatic heterocycles. The first kappa shape index (κ1) is 30.3. The van der Waals surface area contributed by atoms with Crippen LogP contribution in [0.25, 0.3) is 54.2 Å². The number of hydrogen-bond acceptors (Lipinski definition) is 0. The van der Waals surface area contributed by atoms with E-state index in [0.717, 1.165) is 0 Å². The van der Waals surface area contributed by atoms with Gasteiger partial charge < -0.3 is 30.3 Å². The average molecular weight is 607 g/mol. The van der Waals surface area contributed by atoms with Crippen LogP contribution >= 0.6 is 7.92 Å². The quantitative estimate of drug-likeness (QED) is 0.0604. The summed E-state index contributed by atoms with van der Waals surface area (Å²) in [5, 5.41) is 12.5. The van der Waals surface area contributed by atoms with Crippen LogP contribution in [0.4, 0.5) is 0 Å². The van der Waals surface area contributed by atoms with E-state index in [1.165, 1.54) is 59.5 Å². The fourth-order valence-electron chi connectivity index (χ4n) is 6.70. The summed E-state index contributed by atoms with van der Waals surface area (Å²) in [7, 11) is -0.342. The van der Waals surface area contributed by atoms with Crippen molar-refractivity contribution in [2.75, 3.05) is 0 Å². The first-order valence-corrected chi connectivity index (χ1v) is 16.0. The van der Waals surface area contributed by atoms with Gasteiger partial charge in [0.1, 0.15) is 0 Å². The van der Waals surface area contributed by atoms with Gasteiger partial charge in [-0.25, -0.2) is 6.07 Å². The van der Waals surface area contributed by atoms with Crippen LogP contribution in [-0.4, -0.2) is 10.3 Å². The number of hydrogen-bond donors (Lipinski definition) is 0. The van der Waals surface area contributed by atoms with E-state index in [1.54, 1.807) is 0 Å². The minimum atomic E-state index is -0.342. The van der Waals surface area contributed by atoms with Crippen molar-refractivity contribution < 1.29 is 17.1 Å². The van der Waals surface area contributed by atoms with Gasteiger partial charge >= 0.3 is 0 Å². The maximum atomic E-state index is 2.49. The van der Waals surface area contributed by atoms with Gasteiger partial charge in [0, 0.05) is 17.1 Å². The molecule has 7 rings (SSSR count). The van der Waals surface area contributed by atoms with E-state index in [1.807, 2.05) is 30.3 Å². The summed E-state index contributed by atoms with van der Waals surface area (Å²) < 4.78 is 0. The van der Waals surface area contributed by atoms with Gasteiger partial charge in [0.2, 0.25) is 0 Å². The molecule has 0 aliphatic heterocycles. The molecular formula is C40H39FeP-6. The van der Waals surface area contributed by atoms with Crippen molar-refractivity contribution in [2.24, 2.45) is 0 Å². The minimum absolute atomic E-state index is 0. The number of benzene rings is 5. The van der Waals surface area contributed by atoms with Crippen LogP contribution in [0.15, 0.2) is 127 Å². The Morgan fingerprint density at radius 3 is 1.67 bits per heavy atom. The van der Waals surface area contributed by atoms with Crippen LogP contribution in [0.2, 0.25) is 0 Å². The van der Waals surface area contributed by atoms with Gasteiger partial charge in [0.05, 0.1) is 0 Å². The molecule has 0 aliphatic rings. The van der Waals surface area contributed by atoms with Crippen molar-refractivity contribution in [3.8, 4) is 11.1 Å². The van der Waals surface area contributed by atoms with Crippen molar-refractivity contribution in [2.45, 2.75) is 51.9 Å². The standard InChI is InChI=1S/C35H34P.C5H5.Fe/c1-34(2,3)36(35(4,5)6)28-17-15-27(20-28)33-29-14-10-9-13-25(29)22-32-30(33)18-16-26-19-23-11-7-8-12-24(23)21-31(26)32;1-2-4-5-3-1;/h7-22H,1-6H3;1-5H;/q-1;-5;. The second-order valence-electron chi connectivity index (χ2n) is 13.1. The van der Waals surface area contributed by atoms with Gasteiger partial charge in [0.15, 0.2) is 0 Å². The summed E-state index contributed by atoms with van der Waals surface area (Å²) in [4.78, 5) is 0. The maximum absolute atomic E-state index is 2.49. The zero-order valence-corrected chi connectivity index (χ0v) is 27.4. The van der Waals surface area contributed by atoms with E-state index < -0.39 is 0 Å². The summed E-state index contributed by atoms with van der Waals surface area (Å²) in [6.45, 7) is 14.4. The Morgan fingerprint density at radius 2 is 1.05 bits per heavy atom. The fraction of sp³-hybridized carbons (Fsp3) is 0.200. The predicted molar refractivity (Wildman–Crippen MR) is 186 cm³/mol. The van der Waals surface area contributed by atoms with Crippen molar-refractivity contribution in [1.29, 1.82) is 0 Å². The first-order valence-electron chi connectivity index (χ1n) is 14.6. The molecule has 0 atom stereocenters. The maximum Gasteiger partial charge on any atom is 0 e. The Balaban J connectivity index is 0.000000534. The van der Waals surface area contributed by atoms with E-state index in [-0.39, 0.29) is 35.3 Å². The zero-order chi connectivity index (χ0) is 28.8. The van der Waals surface area contributed by atoms with E-state index in [0.29, 0.717) is 0 Å². The molecule has 0 heterocycles. The van der Waals surface area contributed by atoms with Crippen LogP contribution in [-0.2, 0) is 17.1 Å². The van der Waals surface area contributed by atoms with Gasteiger partial charge in [-0.2, -0.15) is 17.7 Å². The third kappa shape index (κ3) is 5.84. The molecule has 0 fully saturated rings. The van der Waals surface area contributed by atoms with Gasteiger partial charge in [-0.1, -0.05) is 108 Å². The van der Waals surface area contributed by atoms with Crippen LogP contribution in [0.5, 0.6) is 0 Å². The van der Waals surface area contributed by atoms with Gasteiger partial charge in [0.25, 0.3) is 0 Å². The topological polar surface area (TPSA) is 0 Å². The predicted octanol–water partition coefficient (Wildman–Crippen LogP) is 11.8. The summed E-state index contributed by atoms with van der Waals surface area (Å²) in [6, 6.07) is 46.6. The van der Waals surface area contributed by atoms with Crippen molar-refractivity contribution in [1.82, 2.24) is 0 Å². The molecule has 0 nitrogen and oxygen atoms in total. The van der Waals surface area contributed by atoms with Crippen molar-refractivity contribution >= 4 is 56.3 Å². The van der Waals surface area contributed by atoms with Crippen molar-refractivity contribution in [3.05, 3.63) is 127 Å². The third-order valence-electron chi connectivity index (χ3n) is 7.91. The Kier molecular flexibility index (Phi) is 8.51. The summed E-state index contributed by atoms with van der Waals surface area (Å²) in [5.74, 6) is 0. The Hall–Kier alpha value is -3.21. The molecule has 2 heteroatoms. The molecule has 0 radical (unpaired) electrons. The second kappa shape index (κ2) is 11.8. The molecule has 218 valence electrons. The third-order valence-corrected chi connectivity index (χ3v) is 11.4. The normalized spacial score (nSPS) is 12.1. The molecule has 0 saturated carbocycles. The SMILES string of the molecule is CC(C)(C)P([c-]1ccc(-c2c3ccccc3cc3c2ccc2cc4ccccc4cc23)c1)C(C)(C)C.[Fe].[cH-]1[cH-][cH-][cH-][cH-]1. The summed E-state index contributed by atoms with van der Waals surface area (Å²) in [5.41, 5.74) is 2.70. The molecule has 0 spiro atoms. The summed E-state index contributed by atoms with van der Waals surface area (Å²) >= 11 is 0. The Labute approximate surface area is 262 Å². The van der Waals surface area contributed by atoms with Crippen LogP contribution < -0.4 is 5.30 Å². The van der Waals surface area contributed by atoms with E-state index in [9.17, 15) is 0 Å². The molecule has 0 bridgehead atoms. The molecular weight excluding hydrogens is 567 g/mol. The van der Waals surface area contributed by atoms with Crippen molar-refractivity contribution in [3.63, 3.8) is 0 Å². The van der Waals surface area contributed by atoms with Gasteiger partial charge in [-0.3, -0.25) is 0 Å². The zero-order valence-electron chi connectivity index (χ0n) is 25.4. The smallest absolute Gasteiger partial charge is 0 e. The summed E-state index contributed by atoms with van der Waals surface area (Å²) in [6.07, 6.45) is 0. The average Bonchev–Trinajstić information content (AvgIpc) is 3.65. The van der Waals surface area contributed by atoms with Crippen LogP contribution in [0, 0.1) is 0 Å². The van der Waals surface area contributed by atoms with E-state index in [4.69, 9.17) is 0 Å². The number of rotatable bonds is 2. The molecule has 0 aliphatic carbocycles. The van der Waals surface area contributed by atoms with Gasteiger partial charge in [-0.15, -0.1) is 13.2 Å². The molecule has 7 aromatic carbocycles. The Bertz CT molecular complexity index is 1930.